The van der Waals surface area contributed by atoms with E-state index in [-0.39, 0.29) is 11.5 Å². The number of H-pyrrole nitrogens is 1. The van der Waals surface area contributed by atoms with Crippen LogP contribution in [0.2, 0.25) is 0 Å². The molecule has 7 nitrogen and oxygen atoms in total. The van der Waals surface area contributed by atoms with Gasteiger partial charge in [0.1, 0.15) is 5.82 Å². The molecule has 1 aromatic heterocycles. The lowest BCUT2D eigenvalue weighted by molar-refractivity contribution is -0.129. The van der Waals surface area contributed by atoms with Crippen LogP contribution in [0.15, 0.2) is 53.3 Å². The molecule has 2 atom stereocenters. The van der Waals surface area contributed by atoms with Gasteiger partial charge in [-0.15, -0.1) is 0 Å². The molecule has 0 radical (unpaired) electrons. The van der Waals surface area contributed by atoms with E-state index in [0.717, 1.165) is 0 Å². The van der Waals surface area contributed by atoms with E-state index in [1.807, 2.05) is 0 Å². The first-order valence-corrected chi connectivity index (χ1v) is 8.61. The molecule has 0 aliphatic heterocycles. The number of hydrogen-bond donors (Lipinski definition) is 2. The Balaban J connectivity index is 1.70. The van der Waals surface area contributed by atoms with Crippen molar-refractivity contribution in [2.75, 3.05) is 0 Å². The molecule has 8 heteroatoms. The van der Waals surface area contributed by atoms with Gasteiger partial charge in [-0.3, -0.25) is 9.59 Å². The zero-order chi connectivity index (χ0) is 20.3. The van der Waals surface area contributed by atoms with Gasteiger partial charge in [0, 0.05) is 5.39 Å². The van der Waals surface area contributed by atoms with E-state index < -0.39 is 29.6 Å². The molecule has 0 aliphatic rings. The number of aromatic nitrogens is 2. The molecule has 0 saturated heterocycles. The fraction of sp³-hybridized carbons (Fsp3) is 0.200. The summed E-state index contributed by atoms with van der Waals surface area (Å²) < 4.78 is 18.2. The molecule has 28 heavy (non-hydrogen) atoms. The van der Waals surface area contributed by atoms with Gasteiger partial charge in [-0.2, -0.15) is 5.10 Å². The number of benzene rings is 2. The first-order valence-electron chi connectivity index (χ1n) is 8.61. The van der Waals surface area contributed by atoms with Gasteiger partial charge in [0.25, 0.3) is 11.5 Å². The number of esters is 1. The number of aromatic amines is 1. The third kappa shape index (κ3) is 4.06. The highest BCUT2D eigenvalue weighted by Crippen LogP contribution is 2.15. The van der Waals surface area contributed by atoms with Crippen molar-refractivity contribution in [1.29, 1.82) is 0 Å². The van der Waals surface area contributed by atoms with Crippen LogP contribution in [-0.2, 0) is 9.53 Å². The van der Waals surface area contributed by atoms with Crippen LogP contribution in [-0.4, -0.2) is 28.2 Å². The second kappa shape index (κ2) is 7.99. The minimum atomic E-state index is -1.09. The Morgan fingerprint density at radius 3 is 2.39 bits per heavy atom. The molecule has 2 aromatic carbocycles. The van der Waals surface area contributed by atoms with Gasteiger partial charge in [0.2, 0.25) is 0 Å². The molecule has 0 saturated carbocycles. The van der Waals surface area contributed by atoms with Crippen LogP contribution in [0.4, 0.5) is 4.39 Å². The van der Waals surface area contributed by atoms with E-state index in [1.165, 1.54) is 19.1 Å². The van der Waals surface area contributed by atoms with Crippen LogP contribution in [0.3, 0.4) is 0 Å². The van der Waals surface area contributed by atoms with Crippen LogP contribution in [0, 0.1) is 5.82 Å². The summed E-state index contributed by atoms with van der Waals surface area (Å²) in [5.41, 5.74) is 0.203. The normalized spacial score (nSPS) is 13.0. The van der Waals surface area contributed by atoms with Gasteiger partial charge in [-0.25, -0.2) is 14.3 Å². The average Bonchev–Trinajstić information content (AvgIpc) is 2.68. The van der Waals surface area contributed by atoms with Crippen molar-refractivity contribution in [3.63, 3.8) is 0 Å². The standard InChI is InChI=1S/C20H18FN3O4/c1-11(13-7-9-14(21)10-8-13)22-18(25)12(2)28-20(27)17-15-5-3-4-6-16(15)19(26)24-23-17/h3-12H,1-2H3,(H,22,25)(H,24,26)/t11-,12-/m0/s1. The van der Waals surface area contributed by atoms with Gasteiger partial charge in [-0.1, -0.05) is 30.3 Å². The second-order valence-electron chi connectivity index (χ2n) is 6.28. The summed E-state index contributed by atoms with van der Waals surface area (Å²) in [6, 6.07) is 11.8. The molecule has 0 unspecified atom stereocenters. The summed E-state index contributed by atoms with van der Waals surface area (Å²) in [6.07, 6.45) is -1.09. The Kier molecular flexibility index (Phi) is 5.49. The minimum absolute atomic E-state index is 0.0820. The average molecular weight is 383 g/mol. The van der Waals surface area contributed by atoms with Crippen LogP contribution in [0.1, 0.15) is 35.9 Å². The van der Waals surface area contributed by atoms with Crippen molar-refractivity contribution in [3.8, 4) is 0 Å². The van der Waals surface area contributed by atoms with Gasteiger partial charge >= 0.3 is 5.97 Å². The topological polar surface area (TPSA) is 101 Å². The lowest BCUT2D eigenvalue weighted by atomic mass is 10.1. The van der Waals surface area contributed by atoms with Crippen LogP contribution in [0.25, 0.3) is 10.8 Å². The van der Waals surface area contributed by atoms with Crippen molar-refractivity contribution in [2.24, 2.45) is 0 Å². The maximum atomic E-state index is 13.0. The third-order valence-corrected chi connectivity index (χ3v) is 4.27. The summed E-state index contributed by atoms with van der Waals surface area (Å²) in [6.45, 7) is 3.16. The number of nitrogens with zero attached hydrogens (tertiary/aromatic N) is 1. The fourth-order valence-electron chi connectivity index (χ4n) is 2.71. The second-order valence-corrected chi connectivity index (χ2v) is 6.28. The lowest BCUT2D eigenvalue weighted by Crippen LogP contribution is -2.37. The highest BCUT2D eigenvalue weighted by molar-refractivity contribution is 6.02. The SMILES string of the molecule is C[C@H](OC(=O)c1n[nH]c(=O)c2ccccc12)C(=O)N[C@@H](C)c1ccc(F)cc1. The van der Waals surface area contributed by atoms with E-state index >= 15 is 0 Å². The van der Waals surface area contributed by atoms with Crippen LogP contribution < -0.4 is 10.9 Å². The molecule has 144 valence electrons. The predicted octanol–water partition coefficient (Wildman–Crippen LogP) is 2.48. The lowest BCUT2D eigenvalue weighted by Gasteiger charge is -2.18. The summed E-state index contributed by atoms with van der Waals surface area (Å²) in [4.78, 5) is 36.6. The van der Waals surface area contributed by atoms with Crippen molar-refractivity contribution in [2.45, 2.75) is 26.0 Å². The number of ether oxygens (including phenoxy) is 1. The number of carbonyl (C=O) groups excluding carboxylic acids is 2. The molecular weight excluding hydrogens is 365 g/mol. The zero-order valence-electron chi connectivity index (χ0n) is 15.2. The first kappa shape index (κ1) is 19.2. The minimum Gasteiger partial charge on any atom is -0.448 e. The van der Waals surface area contributed by atoms with Crippen molar-refractivity contribution in [3.05, 3.63) is 76.0 Å². The van der Waals surface area contributed by atoms with E-state index in [2.05, 4.69) is 15.5 Å². The highest BCUT2D eigenvalue weighted by Gasteiger charge is 2.23. The Labute approximate surface area is 159 Å². The predicted molar refractivity (Wildman–Crippen MR) is 100 cm³/mol. The van der Waals surface area contributed by atoms with Crippen LogP contribution >= 0.6 is 0 Å². The third-order valence-electron chi connectivity index (χ3n) is 4.27. The summed E-state index contributed by atoms with van der Waals surface area (Å²) in [5.74, 6) is -1.71. The molecule has 3 rings (SSSR count). The Morgan fingerprint density at radius 1 is 1.07 bits per heavy atom. The van der Waals surface area contributed by atoms with E-state index in [1.54, 1.807) is 43.3 Å². The van der Waals surface area contributed by atoms with Crippen molar-refractivity contribution in [1.82, 2.24) is 15.5 Å². The molecule has 1 amide bonds. The number of hydrogen-bond acceptors (Lipinski definition) is 5. The fourth-order valence-corrected chi connectivity index (χ4v) is 2.71. The Bertz CT molecular complexity index is 1080. The highest BCUT2D eigenvalue weighted by atomic mass is 19.1. The van der Waals surface area contributed by atoms with Crippen molar-refractivity contribution < 1.29 is 18.7 Å². The number of rotatable bonds is 5. The van der Waals surface area contributed by atoms with E-state index in [0.29, 0.717) is 16.3 Å². The van der Waals surface area contributed by atoms with E-state index in [9.17, 15) is 18.8 Å². The quantitative estimate of drug-likeness (QED) is 0.659. The van der Waals surface area contributed by atoms with Gasteiger partial charge in [0.15, 0.2) is 11.8 Å². The maximum absolute atomic E-state index is 13.0. The number of carbonyl (C=O) groups is 2. The molecule has 1 heterocycles. The van der Waals surface area contributed by atoms with Gasteiger partial charge in [-0.05, 0) is 37.6 Å². The first-order chi connectivity index (χ1) is 13.4. The van der Waals surface area contributed by atoms with Crippen molar-refractivity contribution >= 4 is 22.6 Å². The number of halogens is 1. The Morgan fingerprint density at radius 2 is 1.71 bits per heavy atom. The molecule has 2 N–H and O–H groups in total. The smallest absolute Gasteiger partial charge is 0.360 e. The zero-order valence-corrected chi connectivity index (χ0v) is 15.2. The number of fused-ring (bicyclic) bond motifs is 1. The summed E-state index contributed by atoms with van der Waals surface area (Å²) >= 11 is 0. The van der Waals surface area contributed by atoms with Crippen LogP contribution in [0.5, 0.6) is 0 Å². The maximum Gasteiger partial charge on any atom is 0.360 e. The van der Waals surface area contributed by atoms with Gasteiger partial charge < -0.3 is 10.1 Å². The molecule has 0 aliphatic carbocycles. The molecule has 0 spiro atoms. The number of nitrogens with one attached hydrogen (secondary N) is 2. The number of amides is 1. The summed E-state index contributed by atoms with van der Waals surface area (Å²) in [7, 11) is 0. The van der Waals surface area contributed by atoms with E-state index in [4.69, 9.17) is 4.74 Å². The largest absolute Gasteiger partial charge is 0.448 e. The monoisotopic (exact) mass is 383 g/mol. The molecule has 0 fully saturated rings. The molecule has 3 aromatic rings. The van der Waals surface area contributed by atoms with Gasteiger partial charge in [0.05, 0.1) is 11.4 Å². The summed E-state index contributed by atoms with van der Waals surface area (Å²) in [5, 5.41) is 9.34. The Hall–Kier alpha value is -3.55. The molecule has 0 bridgehead atoms. The molecular formula is C20H18FN3O4.